The summed E-state index contributed by atoms with van der Waals surface area (Å²) in [6, 6.07) is 10.1. The smallest absolute Gasteiger partial charge is 0.242 e. The molecule has 1 aliphatic rings. The molecule has 1 amide bonds. The van der Waals surface area contributed by atoms with Gasteiger partial charge in [0.1, 0.15) is 18.0 Å². The average molecular weight is 567 g/mol. The number of halogens is 2. The summed E-state index contributed by atoms with van der Waals surface area (Å²) in [5, 5.41) is 6.42. The number of imidazole rings is 1. The minimum atomic E-state index is -0.541. The topological polar surface area (TPSA) is 65.4 Å². The molecule has 222 valence electrons. The number of benzene rings is 2. The SMILES string of the molecule is CCC[C@H](N[C@H]1CCc2cc(F)cc(F)c2C1)C(=O)Nc1cn(-c2ccccc2CN(C)CCN(CC)CC)cn1. The van der Waals surface area contributed by atoms with Crippen LogP contribution in [0, 0.1) is 11.6 Å². The fraction of sp³-hybridized carbons (Fsp3) is 0.500. The molecule has 4 rings (SSSR count). The van der Waals surface area contributed by atoms with Gasteiger partial charge in [0.05, 0.1) is 17.9 Å². The van der Waals surface area contributed by atoms with Crippen LogP contribution < -0.4 is 10.6 Å². The molecule has 0 spiro atoms. The molecule has 3 aromatic rings. The number of carbonyl (C=O) groups excluding carboxylic acids is 1. The van der Waals surface area contributed by atoms with Crippen molar-refractivity contribution in [3.8, 4) is 5.69 Å². The third kappa shape index (κ3) is 8.21. The van der Waals surface area contributed by atoms with E-state index in [1.165, 1.54) is 11.6 Å². The van der Waals surface area contributed by atoms with E-state index in [0.717, 1.165) is 62.9 Å². The molecule has 0 bridgehead atoms. The third-order valence-electron chi connectivity index (χ3n) is 8.03. The number of anilines is 1. The van der Waals surface area contributed by atoms with Crippen LogP contribution in [0.2, 0.25) is 0 Å². The Morgan fingerprint density at radius 2 is 1.93 bits per heavy atom. The Morgan fingerprint density at radius 3 is 2.68 bits per heavy atom. The van der Waals surface area contributed by atoms with Crippen molar-refractivity contribution in [2.45, 2.75) is 71.5 Å². The van der Waals surface area contributed by atoms with Crippen LogP contribution in [-0.2, 0) is 24.2 Å². The van der Waals surface area contributed by atoms with Crippen LogP contribution in [0.15, 0.2) is 48.9 Å². The van der Waals surface area contributed by atoms with Gasteiger partial charge in [0.25, 0.3) is 0 Å². The van der Waals surface area contributed by atoms with E-state index in [2.05, 4.69) is 58.4 Å². The van der Waals surface area contributed by atoms with Crippen molar-refractivity contribution in [3.63, 3.8) is 0 Å². The Bertz CT molecular complexity index is 1290. The van der Waals surface area contributed by atoms with E-state index in [4.69, 9.17) is 0 Å². The molecular formula is C32H44F2N6O. The van der Waals surface area contributed by atoms with E-state index < -0.39 is 17.7 Å². The number of aryl methyl sites for hydroxylation is 1. The minimum absolute atomic E-state index is 0.0621. The molecule has 1 heterocycles. The second kappa shape index (κ2) is 14.7. The Kier molecular flexibility index (Phi) is 11.0. The van der Waals surface area contributed by atoms with E-state index in [9.17, 15) is 13.6 Å². The maximum Gasteiger partial charge on any atom is 0.242 e. The fourth-order valence-electron chi connectivity index (χ4n) is 5.64. The number of rotatable bonds is 14. The zero-order chi connectivity index (χ0) is 29.4. The predicted molar refractivity (Wildman–Crippen MR) is 160 cm³/mol. The van der Waals surface area contributed by atoms with Gasteiger partial charge in [-0.1, -0.05) is 45.4 Å². The molecule has 2 N–H and O–H groups in total. The van der Waals surface area contributed by atoms with Crippen LogP contribution >= 0.6 is 0 Å². The number of hydrogen-bond donors (Lipinski definition) is 2. The zero-order valence-electron chi connectivity index (χ0n) is 24.8. The molecule has 0 radical (unpaired) electrons. The molecule has 0 aliphatic heterocycles. The first kappa shape index (κ1) is 30.8. The van der Waals surface area contributed by atoms with Crippen LogP contribution in [0.5, 0.6) is 0 Å². The summed E-state index contributed by atoms with van der Waals surface area (Å²) in [4.78, 5) is 22.5. The van der Waals surface area contributed by atoms with Crippen molar-refractivity contribution >= 4 is 11.7 Å². The molecule has 1 aliphatic carbocycles. The Labute approximate surface area is 242 Å². The highest BCUT2D eigenvalue weighted by molar-refractivity contribution is 5.94. The number of nitrogens with zero attached hydrogens (tertiary/aromatic N) is 4. The number of nitrogens with one attached hydrogen (secondary N) is 2. The van der Waals surface area contributed by atoms with Gasteiger partial charge < -0.3 is 25.0 Å². The summed E-state index contributed by atoms with van der Waals surface area (Å²) in [6.45, 7) is 11.3. The summed E-state index contributed by atoms with van der Waals surface area (Å²) < 4.78 is 30.0. The third-order valence-corrected chi connectivity index (χ3v) is 8.03. The predicted octanol–water partition coefficient (Wildman–Crippen LogP) is 5.18. The number of fused-ring (bicyclic) bond motifs is 1. The van der Waals surface area contributed by atoms with Gasteiger partial charge in [-0.2, -0.15) is 0 Å². The summed E-state index contributed by atoms with van der Waals surface area (Å²) in [5.41, 5.74) is 3.47. The first-order chi connectivity index (χ1) is 19.8. The van der Waals surface area contributed by atoms with Crippen molar-refractivity contribution in [2.24, 2.45) is 0 Å². The van der Waals surface area contributed by atoms with Gasteiger partial charge in [0, 0.05) is 31.7 Å². The highest BCUT2D eigenvalue weighted by atomic mass is 19.1. The van der Waals surface area contributed by atoms with Gasteiger partial charge >= 0.3 is 0 Å². The van der Waals surface area contributed by atoms with E-state index in [1.807, 2.05) is 29.8 Å². The number of likely N-dealkylation sites (N-methyl/N-ethyl adjacent to an activating group) is 2. The lowest BCUT2D eigenvalue weighted by Crippen LogP contribution is -2.48. The average Bonchev–Trinajstić information content (AvgIpc) is 3.42. The molecule has 0 unspecified atom stereocenters. The van der Waals surface area contributed by atoms with E-state index >= 15 is 0 Å². The molecule has 1 aromatic heterocycles. The molecule has 9 heteroatoms. The van der Waals surface area contributed by atoms with Crippen molar-refractivity contribution in [3.05, 3.63) is 77.2 Å². The van der Waals surface area contributed by atoms with Gasteiger partial charge in [0.15, 0.2) is 5.82 Å². The highest BCUT2D eigenvalue weighted by Crippen LogP contribution is 2.26. The van der Waals surface area contributed by atoms with Gasteiger partial charge in [0.2, 0.25) is 5.91 Å². The molecular weight excluding hydrogens is 522 g/mol. The molecule has 0 saturated carbocycles. The Balaban J connectivity index is 1.39. The van der Waals surface area contributed by atoms with E-state index in [0.29, 0.717) is 30.6 Å². The number of aromatic nitrogens is 2. The fourth-order valence-corrected chi connectivity index (χ4v) is 5.64. The number of hydrogen-bond acceptors (Lipinski definition) is 5. The largest absolute Gasteiger partial charge is 0.308 e. The Morgan fingerprint density at radius 1 is 1.15 bits per heavy atom. The maximum atomic E-state index is 14.4. The molecule has 2 atom stereocenters. The standard InChI is InChI=1S/C32H44F2N6O/c1-5-10-29(36-26-14-13-23-17-25(33)18-28(34)27(23)19-26)32(41)37-31-21-40(22-35-31)30-12-9-8-11-24(30)20-38(4)15-16-39(6-2)7-3/h8-9,11-12,17-18,21-22,26,29,36H,5-7,10,13-16,19-20H2,1-4H3,(H,37,41)/t26-,29-/m0/s1. The van der Waals surface area contributed by atoms with Crippen molar-refractivity contribution in [2.75, 3.05) is 38.5 Å². The lowest BCUT2D eigenvalue weighted by atomic mass is 9.87. The summed E-state index contributed by atoms with van der Waals surface area (Å²) in [6.07, 6.45) is 6.77. The van der Waals surface area contributed by atoms with Crippen molar-refractivity contribution in [1.29, 1.82) is 0 Å². The van der Waals surface area contributed by atoms with Crippen molar-refractivity contribution in [1.82, 2.24) is 24.7 Å². The Hall–Kier alpha value is -3.14. The molecule has 41 heavy (non-hydrogen) atoms. The van der Waals surface area contributed by atoms with Crippen LogP contribution in [0.1, 0.15) is 56.7 Å². The molecule has 0 fully saturated rings. The van der Waals surface area contributed by atoms with Crippen LogP contribution in [0.25, 0.3) is 5.69 Å². The summed E-state index contributed by atoms with van der Waals surface area (Å²) in [5.74, 6) is -0.728. The monoisotopic (exact) mass is 566 g/mol. The normalized spacial score (nSPS) is 15.8. The van der Waals surface area contributed by atoms with Crippen LogP contribution in [0.4, 0.5) is 14.6 Å². The van der Waals surface area contributed by atoms with Gasteiger partial charge in [-0.15, -0.1) is 0 Å². The number of carbonyl (C=O) groups is 1. The first-order valence-electron chi connectivity index (χ1n) is 14.9. The van der Waals surface area contributed by atoms with Crippen LogP contribution in [0.3, 0.4) is 0 Å². The second-order valence-electron chi connectivity index (χ2n) is 11.0. The van der Waals surface area contributed by atoms with Gasteiger partial charge in [-0.3, -0.25) is 4.79 Å². The minimum Gasteiger partial charge on any atom is -0.308 e. The van der Waals surface area contributed by atoms with Crippen molar-refractivity contribution < 1.29 is 13.6 Å². The number of amides is 1. The van der Waals surface area contributed by atoms with Crippen LogP contribution in [-0.4, -0.2) is 70.6 Å². The lowest BCUT2D eigenvalue weighted by molar-refractivity contribution is -0.118. The molecule has 0 saturated heterocycles. The summed E-state index contributed by atoms with van der Waals surface area (Å²) in [7, 11) is 2.14. The second-order valence-corrected chi connectivity index (χ2v) is 11.0. The first-order valence-corrected chi connectivity index (χ1v) is 14.9. The highest BCUT2D eigenvalue weighted by Gasteiger charge is 2.27. The maximum absolute atomic E-state index is 14.4. The van der Waals surface area contributed by atoms with E-state index in [1.54, 1.807) is 6.33 Å². The van der Waals surface area contributed by atoms with E-state index in [-0.39, 0.29) is 11.9 Å². The quantitative estimate of drug-likeness (QED) is 0.282. The van der Waals surface area contributed by atoms with Gasteiger partial charge in [-0.05, 0) is 74.6 Å². The summed E-state index contributed by atoms with van der Waals surface area (Å²) >= 11 is 0. The molecule has 2 aromatic carbocycles. The zero-order valence-corrected chi connectivity index (χ0v) is 24.8. The van der Waals surface area contributed by atoms with Gasteiger partial charge in [-0.25, -0.2) is 13.8 Å². The lowest BCUT2D eigenvalue weighted by Gasteiger charge is -2.29. The number of para-hydroxylation sites is 1. The molecule has 7 nitrogen and oxygen atoms in total.